The SMILES string of the molecule is CC1CC(CN2C(=C(Cl)[N+](=O)[O-])N(C)CCC2C)CO1. The number of hydrogen-bond donors (Lipinski definition) is 0. The third-order valence-electron chi connectivity index (χ3n) is 4.13. The summed E-state index contributed by atoms with van der Waals surface area (Å²) in [6.45, 7) is 6.42. The van der Waals surface area contributed by atoms with Crippen LogP contribution in [-0.2, 0) is 4.74 Å². The zero-order valence-electron chi connectivity index (χ0n) is 12.2. The molecule has 2 aliphatic rings. The molecule has 2 fully saturated rings. The van der Waals surface area contributed by atoms with Crippen LogP contribution in [0.25, 0.3) is 0 Å². The molecule has 7 heteroatoms. The van der Waals surface area contributed by atoms with Crippen LogP contribution in [0.1, 0.15) is 26.7 Å². The summed E-state index contributed by atoms with van der Waals surface area (Å²) in [5.41, 5.74) is 0. The molecule has 114 valence electrons. The van der Waals surface area contributed by atoms with Gasteiger partial charge >= 0.3 is 5.16 Å². The first-order valence-electron chi connectivity index (χ1n) is 7.03. The summed E-state index contributed by atoms with van der Waals surface area (Å²) in [7, 11) is 1.86. The normalized spacial score (nSPS) is 33.5. The van der Waals surface area contributed by atoms with E-state index in [2.05, 4.69) is 18.7 Å². The molecular weight excluding hydrogens is 282 g/mol. The first-order chi connectivity index (χ1) is 9.40. The highest BCUT2D eigenvalue weighted by molar-refractivity contribution is 6.28. The topological polar surface area (TPSA) is 58.8 Å². The minimum absolute atomic E-state index is 0.255. The van der Waals surface area contributed by atoms with Crippen molar-refractivity contribution < 1.29 is 9.66 Å². The number of halogens is 1. The molecule has 3 atom stereocenters. The summed E-state index contributed by atoms with van der Waals surface area (Å²) in [5.74, 6) is 0.945. The third kappa shape index (κ3) is 3.17. The molecule has 2 rings (SSSR count). The summed E-state index contributed by atoms with van der Waals surface area (Å²) in [5, 5.41) is 10.7. The van der Waals surface area contributed by atoms with E-state index >= 15 is 0 Å². The lowest BCUT2D eigenvalue weighted by molar-refractivity contribution is -0.415. The second kappa shape index (κ2) is 6.18. The fraction of sp³-hybridized carbons (Fsp3) is 0.846. The van der Waals surface area contributed by atoms with Gasteiger partial charge in [-0.2, -0.15) is 0 Å². The summed E-state index contributed by atoms with van der Waals surface area (Å²) < 4.78 is 5.59. The summed E-state index contributed by atoms with van der Waals surface area (Å²) in [4.78, 5) is 14.5. The van der Waals surface area contributed by atoms with Crippen LogP contribution in [-0.4, -0.2) is 53.6 Å². The van der Waals surface area contributed by atoms with Gasteiger partial charge in [-0.1, -0.05) is 0 Å². The molecule has 0 aliphatic carbocycles. The number of ether oxygens (including phenoxy) is 1. The number of rotatable bonds is 3. The van der Waals surface area contributed by atoms with Crippen molar-refractivity contribution in [2.24, 2.45) is 5.92 Å². The highest BCUT2D eigenvalue weighted by atomic mass is 35.5. The van der Waals surface area contributed by atoms with Crippen LogP contribution in [0.3, 0.4) is 0 Å². The van der Waals surface area contributed by atoms with Crippen LogP contribution in [0, 0.1) is 16.0 Å². The van der Waals surface area contributed by atoms with Crippen molar-refractivity contribution in [1.29, 1.82) is 0 Å². The van der Waals surface area contributed by atoms with Crippen LogP contribution < -0.4 is 0 Å². The lowest BCUT2D eigenvalue weighted by Crippen LogP contribution is -2.48. The minimum Gasteiger partial charge on any atom is -0.378 e. The van der Waals surface area contributed by atoms with Crippen molar-refractivity contribution >= 4 is 11.6 Å². The van der Waals surface area contributed by atoms with E-state index in [1.165, 1.54) is 0 Å². The highest BCUT2D eigenvalue weighted by Gasteiger charge is 2.35. The lowest BCUT2D eigenvalue weighted by atomic mass is 10.0. The zero-order chi connectivity index (χ0) is 14.9. The molecule has 0 spiro atoms. The minimum atomic E-state index is -0.508. The number of nitro groups is 1. The number of nitrogens with zero attached hydrogens (tertiary/aromatic N) is 3. The van der Waals surface area contributed by atoms with Crippen molar-refractivity contribution in [2.75, 3.05) is 26.7 Å². The van der Waals surface area contributed by atoms with Crippen molar-refractivity contribution in [3.8, 4) is 0 Å². The Labute approximate surface area is 124 Å². The summed E-state index contributed by atoms with van der Waals surface area (Å²) in [6.07, 6.45) is 2.25. The van der Waals surface area contributed by atoms with E-state index in [9.17, 15) is 10.1 Å². The fourth-order valence-corrected chi connectivity index (χ4v) is 3.26. The van der Waals surface area contributed by atoms with Gasteiger partial charge in [-0.15, -0.1) is 0 Å². The van der Waals surface area contributed by atoms with Gasteiger partial charge in [-0.3, -0.25) is 10.1 Å². The Bertz CT molecular complexity index is 416. The first-order valence-corrected chi connectivity index (χ1v) is 7.41. The second-order valence-electron chi connectivity index (χ2n) is 5.83. The van der Waals surface area contributed by atoms with E-state index in [0.29, 0.717) is 11.7 Å². The molecule has 2 saturated heterocycles. The first kappa shape index (κ1) is 15.4. The van der Waals surface area contributed by atoms with Gasteiger partial charge in [0.1, 0.15) is 0 Å². The monoisotopic (exact) mass is 303 g/mol. The Morgan fingerprint density at radius 2 is 2.25 bits per heavy atom. The Morgan fingerprint density at radius 3 is 2.80 bits per heavy atom. The maximum Gasteiger partial charge on any atom is 0.377 e. The molecule has 0 aromatic rings. The van der Waals surface area contributed by atoms with Crippen LogP contribution in [0.2, 0.25) is 0 Å². The quantitative estimate of drug-likeness (QED) is 0.454. The zero-order valence-corrected chi connectivity index (χ0v) is 13.0. The molecule has 0 aromatic carbocycles. The van der Waals surface area contributed by atoms with Crippen LogP contribution in [0.15, 0.2) is 11.0 Å². The number of hydrogen-bond acceptors (Lipinski definition) is 5. The van der Waals surface area contributed by atoms with Gasteiger partial charge in [0.2, 0.25) is 0 Å². The van der Waals surface area contributed by atoms with E-state index in [0.717, 1.165) is 32.5 Å². The molecule has 0 bridgehead atoms. The van der Waals surface area contributed by atoms with Crippen molar-refractivity contribution in [1.82, 2.24) is 9.80 Å². The van der Waals surface area contributed by atoms with Crippen molar-refractivity contribution in [2.45, 2.75) is 38.8 Å². The molecule has 2 aliphatic heterocycles. The maximum absolute atomic E-state index is 11.0. The Balaban J connectivity index is 2.20. The smallest absolute Gasteiger partial charge is 0.377 e. The van der Waals surface area contributed by atoms with Crippen molar-refractivity contribution in [3.05, 3.63) is 21.1 Å². The predicted molar refractivity (Wildman–Crippen MR) is 76.8 cm³/mol. The molecule has 3 unspecified atom stereocenters. The molecule has 2 heterocycles. The van der Waals surface area contributed by atoms with Gasteiger partial charge < -0.3 is 14.5 Å². The van der Waals surface area contributed by atoms with E-state index in [-0.39, 0.29) is 17.3 Å². The molecule has 0 amide bonds. The standard InChI is InChI=1S/C13H22ClN3O3/c1-9-4-5-15(3)13(12(14)17(18)19)16(9)7-11-6-10(2)20-8-11/h9-11H,4-8H2,1-3H3. The van der Waals surface area contributed by atoms with E-state index in [1.54, 1.807) is 0 Å². The molecule has 0 N–H and O–H groups in total. The molecule has 0 saturated carbocycles. The second-order valence-corrected chi connectivity index (χ2v) is 6.19. The third-order valence-corrected chi connectivity index (χ3v) is 4.44. The molecule has 20 heavy (non-hydrogen) atoms. The van der Waals surface area contributed by atoms with E-state index in [4.69, 9.17) is 16.3 Å². The fourth-order valence-electron chi connectivity index (χ4n) is 3.01. The highest BCUT2D eigenvalue weighted by Crippen LogP contribution is 2.30. The molecular formula is C13H22ClN3O3. The maximum atomic E-state index is 11.0. The predicted octanol–water partition coefficient (Wildman–Crippen LogP) is 2.08. The van der Waals surface area contributed by atoms with Crippen molar-refractivity contribution in [3.63, 3.8) is 0 Å². The Kier molecular flexibility index (Phi) is 4.75. The molecule has 0 aromatic heterocycles. The van der Waals surface area contributed by atoms with Gasteiger partial charge in [-0.25, -0.2) is 0 Å². The van der Waals surface area contributed by atoms with Crippen LogP contribution >= 0.6 is 11.6 Å². The van der Waals surface area contributed by atoms with Gasteiger partial charge in [0.15, 0.2) is 5.82 Å². The molecule has 0 radical (unpaired) electrons. The largest absolute Gasteiger partial charge is 0.378 e. The summed E-state index contributed by atoms with van der Waals surface area (Å²) >= 11 is 5.93. The van der Waals surface area contributed by atoms with E-state index < -0.39 is 4.92 Å². The van der Waals surface area contributed by atoms with Gasteiger partial charge in [-0.05, 0) is 38.3 Å². The Morgan fingerprint density at radius 1 is 1.55 bits per heavy atom. The average Bonchev–Trinajstić information content (AvgIpc) is 2.79. The molecule has 6 nitrogen and oxygen atoms in total. The lowest BCUT2D eigenvalue weighted by Gasteiger charge is -2.42. The van der Waals surface area contributed by atoms with Gasteiger partial charge in [0.25, 0.3) is 0 Å². The van der Waals surface area contributed by atoms with Gasteiger partial charge in [0, 0.05) is 32.1 Å². The Hall–Kier alpha value is -1.01. The average molecular weight is 304 g/mol. The van der Waals surface area contributed by atoms with Crippen LogP contribution in [0.5, 0.6) is 0 Å². The van der Waals surface area contributed by atoms with Crippen LogP contribution in [0.4, 0.5) is 0 Å². The summed E-state index contributed by atoms with van der Waals surface area (Å²) in [6, 6.07) is 0.255. The van der Waals surface area contributed by atoms with E-state index in [1.807, 2.05) is 11.9 Å². The van der Waals surface area contributed by atoms with Gasteiger partial charge in [0.05, 0.1) is 17.6 Å².